The molecule has 0 aromatic heterocycles. The van der Waals surface area contributed by atoms with Crippen molar-refractivity contribution in [3.63, 3.8) is 0 Å². The van der Waals surface area contributed by atoms with Crippen molar-refractivity contribution in [1.29, 1.82) is 0 Å². The second kappa shape index (κ2) is 6.41. The van der Waals surface area contributed by atoms with Crippen molar-refractivity contribution in [1.82, 2.24) is 5.43 Å². The van der Waals surface area contributed by atoms with Gasteiger partial charge in [-0.15, -0.1) is 0 Å². The van der Waals surface area contributed by atoms with E-state index in [1.54, 1.807) is 25.3 Å². The maximum absolute atomic E-state index is 11.6. The van der Waals surface area contributed by atoms with Crippen LogP contribution in [-0.2, 0) is 0 Å². The molecule has 100 valence electrons. The molecule has 0 unspecified atom stereocenters. The lowest BCUT2D eigenvalue weighted by Gasteiger charge is -2.02. The summed E-state index contributed by atoms with van der Waals surface area (Å²) in [6.45, 7) is 0. The summed E-state index contributed by atoms with van der Waals surface area (Å²) in [6, 6.07) is 14.4. The Balaban J connectivity index is 2.30. The van der Waals surface area contributed by atoms with E-state index in [0.717, 1.165) is 11.3 Å². The molecule has 20 heavy (non-hydrogen) atoms. The molecule has 2 aromatic carbocycles. The average Bonchev–Trinajstić information content (AvgIpc) is 2.53. The third-order valence-electron chi connectivity index (χ3n) is 2.73. The zero-order valence-corrected chi connectivity index (χ0v) is 11.0. The number of carbonyl (C=O) groups excluding carboxylic acids is 1. The third kappa shape index (κ3) is 3.16. The Labute approximate surface area is 117 Å². The standard InChI is InChI=1S/C16H14N2O2/c1-20-14-10-7-12(8-11-14)6-9-13-4-2-3-5-15(13)16(19)18-17/h2-5,7-8,10-11H,17H2,1H3,(H,18,19). The maximum Gasteiger partial charge on any atom is 0.266 e. The first-order chi connectivity index (χ1) is 9.74. The van der Waals surface area contributed by atoms with Gasteiger partial charge in [-0.1, -0.05) is 24.0 Å². The predicted molar refractivity (Wildman–Crippen MR) is 77.1 cm³/mol. The van der Waals surface area contributed by atoms with E-state index in [4.69, 9.17) is 10.6 Å². The molecule has 0 heterocycles. The molecule has 0 fully saturated rings. The third-order valence-corrected chi connectivity index (χ3v) is 2.73. The molecule has 0 radical (unpaired) electrons. The summed E-state index contributed by atoms with van der Waals surface area (Å²) in [7, 11) is 1.61. The van der Waals surface area contributed by atoms with Crippen LogP contribution >= 0.6 is 0 Å². The summed E-state index contributed by atoms with van der Waals surface area (Å²) in [5, 5.41) is 0. The van der Waals surface area contributed by atoms with Crippen LogP contribution in [0.25, 0.3) is 0 Å². The van der Waals surface area contributed by atoms with Crippen molar-refractivity contribution in [2.24, 2.45) is 5.84 Å². The van der Waals surface area contributed by atoms with Crippen molar-refractivity contribution in [2.45, 2.75) is 0 Å². The van der Waals surface area contributed by atoms with Crippen molar-refractivity contribution in [3.05, 3.63) is 65.2 Å². The fraction of sp³-hybridized carbons (Fsp3) is 0.0625. The van der Waals surface area contributed by atoms with Crippen molar-refractivity contribution >= 4 is 5.91 Å². The summed E-state index contributed by atoms with van der Waals surface area (Å²) in [4.78, 5) is 11.6. The van der Waals surface area contributed by atoms with E-state index >= 15 is 0 Å². The van der Waals surface area contributed by atoms with Crippen molar-refractivity contribution < 1.29 is 9.53 Å². The number of carbonyl (C=O) groups is 1. The Morgan fingerprint density at radius 2 is 1.80 bits per heavy atom. The molecule has 0 aliphatic heterocycles. The lowest BCUT2D eigenvalue weighted by molar-refractivity contribution is 0.0953. The monoisotopic (exact) mass is 266 g/mol. The fourth-order valence-electron chi connectivity index (χ4n) is 1.68. The number of hydrogen-bond donors (Lipinski definition) is 2. The number of methoxy groups -OCH3 is 1. The molecular weight excluding hydrogens is 252 g/mol. The van der Waals surface area contributed by atoms with E-state index in [9.17, 15) is 4.79 Å². The summed E-state index contributed by atoms with van der Waals surface area (Å²) in [5.74, 6) is 11.6. The molecule has 0 spiro atoms. The van der Waals surface area contributed by atoms with Gasteiger partial charge in [-0.25, -0.2) is 5.84 Å². The fourth-order valence-corrected chi connectivity index (χ4v) is 1.68. The summed E-state index contributed by atoms with van der Waals surface area (Å²) in [6.07, 6.45) is 0. The smallest absolute Gasteiger partial charge is 0.266 e. The Morgan fingerprint density at radius 3 is 2.45 bits per heavy atom. The van der Waals surface area contributed by atoms with Gasteiger partial charge in [-0.2, -0.15) is 0 Å². The molecule has 0 aliphatic carbocycles. The number of benzene rings is 2. The molecule has 0 bridgehead atoms. The molecule has 4 heteroatoms. The van der Waals surface area contributed by atoms with Crippen molar-refractivity contribution in [2.75, 3.05) is 7.11 Å². The average molecular weight is 266 g/mol. The predicted octanol–water partition coefficient (Wildman–Crippen LogP) is 1.70. The maximum atomic E-state index is 11.6. The van der Waals surface area contributed by atoms with Crippen LogP contribution in [0.5, 0.6) is 5.75 Å². The van der Waals surface area contributed by atoms with Gasteiger partial charge in [-0.05, 0) is 36.4 Å². The van der Waals surface area contributed by atoms with Gasteiger partial charge in [0, 0.05) is 11.1 Å². The van der Waals surface area contributed by atoms with Crippen molar-refractivity contribution in [3.8, 4) is 17.6 Å². The first kappa shape index (κ1) is 13.7. The highest BCUT2D eigenvalue weighted by atomic mass is 16.5. The molecule has 0 aliphatic rings. The lowest BCUT2D eigenvalue weighted by Crippen LogP contribution is -2.30. The first-order valence-corrected chi connectivity index (χ1v) is 6.00. The molecule has 2 rings (SSSR count). The second-order valence-corrected chi connectivity index (χ2v) is 4.00. The van der Waals surface area contributed by atoms with Gasteiger partial charge in [0.15, 0.2) is 0 Å². The van der Waals surface area contributed by atoms with Gasteiger partial charge in [0.25, 0.3) is 5.91 Å². The number of nitrogens with one attached hydrogen (secondary N) is 1. The first-order valence-electron chi connectivity index (χ1n) is 6.00. The van der Waals surface area contributed by atoms with E-state index in [-0.39, 0.29) is 5.91 Å². The minimum absolute atomic E-state index is 0.357. The van der Waals surface area contributed by atoms with Crippen LogP contribution in [0.2, 0.25) is 0 Å². The summed E-state index contributed by atoms with van der Waals surface area (Å²) < 4.78 is 5.08. The van der Waals surface area contributed by atoms with Gasteiger partial charge in [0.2, 0.25) is 0 Å². The molecule has 1 amide bonds. The number of rotatable bonds is 2. The molecule has 3 N–H and O–H groups in total. The van der Waals surface area contributed by atoms with Gasteiger partial charge < -0.3 is 4.74 Å². The zero-order chi connectivity index (χ0) is 14.4. The molecular formula is C16H14N2O2. The normalized spacial score (nSPS) is 9.30. The van der Waals surface area contributed by atoms with Crippen LogP contribution in [0.4, 0.5) is 0 Å². The van der Waals surface area contributed by atoms with E-state index in [0.29, 0.717) is 11.1 Å². The molecule has 4 nitrogen and oxygen atoms in total. The van der Waals surface area contributed by atoms with Crippen LogP contribution in [0.15, 0.2) is 48.5 Å². The number of nitrogen functional groups attached to an aromatic ring is 1. The Kier molecular flexibility index (Phi) is 4.38. The minimum Gasteiger partial charge on any atom is -0.497 e. The number of ether oxygens (including phenoxy) is 1. The van der Waals surface area contributed by atoms with Gasteiger partial charge in [0.05, 0.1) is 12.7 Å². The zero-order valence-electron chi connectivity index (χ0n) is 11.0. The van der Waals surface area contributed by atoms with Crippen LogP contribution < -0.4 is 16.0 Å². The van der Waals surface area contributed by atoms with E-state index in [1.165, 1.54) is 0 Å². The highest BCUT2D eigenvalue weighted by molar-refractivity contribution is 5.96. The molecule has 0 atom stereocenters. The Morgan fingerprint density at radius 1 is 1.10 bits per heavy atom. The highest BCUT2D eigenvalue weighted by Crippen LogP contribution is 2.11. The van der Waals surface area contributed by atoms with Crippen LogP contribution in [0.1, 0.15) is 21.5 Å². The van der Waals surface area contributed by atoms with Gasteiger partial charge in [-0.3, -0.25) is 10.2 Å². The summed E-state index contributed by atoms with van der Waals surface area (Å²) in [5.41, 5.74) is 4.04. The Bertz CT molecular complexity index is 667. The van der Waals surface area contributed by atoms with Gasteiger partial charge >= 0.3 is 0 Å². The topological polar surface area (TPSA) is 64.3 Å². The number of hydrazine groups is 1. The molecule has 2 aromatic rings. The summed E-state index contributed by atoms with van der Waals surface area (Å²) >= 11 is 0. The van der Waals surface area contributed by atoms with E-state index in [2.05, 4.69) is 17.3 Å². The van der Waals surface area contributed by atoms with Crippen LogP contribution in [0.3, 0.4) is 0 Å². The van der Waals surface area contributed by atoms with E-state index in [1.807, 2.05) is 30.3 Å². The quantitative estimate of drug-likeness (QED) is 0.376. The van der Waals surface area contributed by atoms with Gasteiger partial charge in [0.1, 0.15) is 5.75 Å². The number of nitrogens with two attached hydrogens (primary N) is 1. The molecule has 0 saturated carbocycles. The molecule has 0 saturated heterocycles. The lowest BCUT2D eigenvalue weighted by atomic mass is 10.1. The largest absolute Gasteiger partial charge is 0.497 e. The van der Waals surface area contributed by atoms with Crippen LogP contribution in [-0.4, -0.2) is 13.0 Å². The minimum atomic E-state index is -0.357. The SMILES string of the molecule is COc1ccc(C#Cc2ccccc2C(=O)NN)cc1. The number of amides is 1. The Hall–Kier alpha value is -2.77. The second-order valence-electron chi connectivity index (χ2n) is 4.00. The van der Waals surface area contributed by atoms with E-state index < -0.39 is 0 Å². The number of hydrogen-bond acceptors (Lipinski definition) is 3. The highest BCUT2D eigenvalue weighted by Gasteiger charge is 2.06. The van der Waals surface area contributed by atoms with Crippen LogP contribution in [0, 0.1) is 11.8 Å².